The first-order valence-corrected chi connectivity index (χ1v) is 10.7. The number of nitrogens with two attached hydrogens (primary N) is 1. The molecule has 0 radical (unpaired) electrons. The van der Waals surface area contributed by atoms with Gasteiger partial charge in [0.2, 0.25) is 11.8 Å². The summed E-state index contributed by atoms with van der Waals surface area (Å²) in [5.74, 6) is 0.491. The van der Waals surface area contributed by atoms with E-state index in [9.17, 15) is 9.59 Å². The first-order valence-electron chi connectivity index (χ1n) is 10.7. The normalized spacial score (nSPS) is 20.8. The molecule has 4 rings (SSSR count). The number of hydrogen-bond donors (Lipinski definition) is 2. The Labute approximate surface area is 171 Å². The molecule has 3 heterocycles. The van der Waals surface area contributed by atoms with Crippen LogP contribution in [-0.4, -0.2) is 65.0 Å². The third kappa shape index (κ3) is 4.45. The van der Waals surface area contributed by atoms with E-state index in [4.69, 9.17) is 5.73 Å². The van der Waals surface area contributed by atoms with Crippen LogP contribution in [-0.2, 0) is 9.59 Å². The monoisotopic (exact) mass is 397 g/mol. The maximum absolute atomic E-state index is 12.9. The van der Waals surface area contributed by atoms with Crippen LogP contribution in [0.15, 0.2) is 24.4 Å². The lowest BCUT2D eigenvalue weighted by molar-refractivity contribution is -0.135. The number of piperidine rings is 2. The number of likely N-dealkylation sites (tertiary alicyclic amines) is 2. The number of hydrogen-bond acceptors (Lipinski definition) is 4. The van der Waals surface area contributed by atoms with E-state index < -0.39 is 11.8 Å². The van der Waals surface area contributed by atoms with E-state index in [1.54, 1.807) is 6.20 Å². The second kappa shape index (κ2) is 8.53. The van der Waals surface area contributed by atoms with Gasteiger partial charge in [0.1, 0.15) is 0 Å². The summed E-state index contributed by atoms with van der Waals surface area (Å²) < 4.78 is 0. The second-order valence-corrected chi connectivity index (χ2v) is 8.73. The van der Waals surface area contributed by atoms with E-state index in [2.05, 4.69) is 22.1 Å². The van der Waals surface area contributed by atoms with Gasteiger partial charge in [-0.05, 0) is 75.4 Å². The Morgan fingerprint density at radius 1 is 1.14 bits per heavy atom. The molecule has 7 nitrogen and oxygen atoms in total. The Bertz CT molecular complexity index is 863. The van der Waals surface area contributed by atoms with Crippen molar-refractivity contribution in [1.29, 1.82) is 0 Å². The standard InChI is InChI=1S/C22H31N5O2/c1-26-8-4-15(5-9-26)16-6-10-27(11-7-16)21(28)13-19(22(23)29)17-2-3-20-18(12-17)14-24-25-20/h2-3,12,14-16,19H,4-11,13H2,1H3,(H2,23,29)(H,24,25). The number of aromatic amines is 1. The number of H-pyrrole nitrogens is 1. The Hall–Kier alpha value is -2.41. The van der Waals surface area contributed by atoms with Crippen LogP contribution in [0.3, 0.4) is 0 Å². The Morgan fingerprint density at radius 3 is 2.45 bits per heavy atom. The molecule has 1 aromatic heterocycles. The van der Waals surface area contributed by atoms with E-state index in [1.807, 2.05) is 23.1 Å². The molecule has 3 N–H and O–H groups in total. The SMILES string of the molecule is CN1CCC(C2CCN(C(=O)CC(C(N)=O)c3ccc4[nH]ncc4c3)CC2)CC1. The summed E-state index contributed by atoms with van der Waals surface area (Å²) >= 11 is 0. The highest BCUT2D eigenvalue weighted by atomic mass is 16.2. The van der Waals surface area contributed by atoms with E-state index in [0.29, 0.717) is 0 Å². The average molecular weight is 398 g/mol. The number of nitrogens with zero attached hydrogens (tertiary/aromatic N) is 3. The summed E-state index contributed by atoms with van der Waals surface area (Å²) in [5.41, 5.74) is 7.34. The Kier molecular flexibility index (Phi) is 5.85. The quantitative estimate of drug-likeness (QED) is 0.808. The molecule has 2 aliphatic rings. The lowest BCUT2D eigenvalue weighted by Gasteiger charge is -2.39. The molecule has 29 heavy (non-hydrogen) atoms. The van der Waals surface area contributed by atoms with Crippen molar-refractivity contribution in [3.8, 4) is 0 Å². The molecule has 0 spiro atoms. The highest BCUT2D eigenvalue weighted by Gasteiger charge is 2.31. The third-order valence-corrected chi connectivity index (χ3v) is 6.91. The number of carbonyl (C=O) groups excluding carboxylic acids is 2. The maximum atomic E-state index is 12.9. The largest absolute Gasteiger partial charge is 0.369 e. The van der Waals surface area contributed by atoms with Crippen LogP contribution in [0.25, 0.3) is 10.9 Å². The van der Waals surface area contributed by atoms with Crippen LogP contribution in [0.4, 0.5) is 0 Å². The van der Waals surface area contributed by atoms with Crippen LogP contribution in [0.1, 0.15) is 43.6 Å². The van der Waals surface area contributed by atoms with Gasteiger partial charge in [-0.3, -0.25) is 14.7 Å². The maximum Gasteiger partial charge on any atom is 0.225 e. The van der Waals surface area contributed by atoms with Crippen molar-refractivity contribution in [2.24, 2.45) is 17.6 Å². The highest BCUT2D eigenvalue weighted by Crippen LogP contribution is 2.33. The zero-order valence-electron chi connectivity index (χ0n) is 17.1. The van der Waals surface area contributed by atoms with Crippen LogP contribution in [0, 0.1) is 11.8 Å². The second-order valence-electron chi connectivity index (χ2n) is 8.73. The van der Waals surface area contributed by atoms with Gasteiger partial charge in [-0.25, -0.2) is 0 Å². The Balaban J connectivity index is 1.35. The molecule has 2 saturated heterocycles. The number of carbonyl (C=O) groups is 2. The van der Waals surface area contributed by atoms with Gasteiger partial charge in [0.25, 0.3) is 0 Å². The predicted molar refractivity (Wildman–Crippen MR) is 112 cm³/mol. The van der Waals surface area contributed by atoms with Crippen molar-refractivity contribution in [3.05, 3.63) is 30.0 Å². The van der Waals surface area contributed by atoms with Gasteiger partial charge in [0, 0.05) is 24.9 Å². The fourth-order valence-electron chi connectivity index (χ4n) is 4.98. The van der Waals surface area contributed by atoms with E-state index in [1.165, 1.54) is 25.9 Å². The molecule has 156 valence electrons. The number of primary amides is 1. The summed E-state index contributed by atoms with van der Waals surface area (Å²) in [5, 5.41) is 7.83. The van der Waals surface area contributed by atoms with Crippen molar-refractivity contribution in [2.45, 2.75) is 38.0 Å². The summed E-state index contributed by atoms with van der Waals surface area (Å²) in [4.78, 5) is 29.4. The highest BCUT2D eigenvalue weighted by molar-refractivity contribution is 5.90. The lowest BCUT2D eigenvalue weighted by atomic mass is 9.79. The molecule has 1 atom stereocenters. The number of fused-ring (bicyclic) bond motifs is 1. The number of benzene rings is 1. The van der Waals surface area contributed by atoms with Gasteiger partial charge in [-0.2, -0.15) is 5.10 Å². The minimum Gasteiger partial charge on any atom is -0.369 e. The van der Waals surface area contributed by atoms with Crippen molar-refractivity contribution < 1.29 is 9.59 Å². The van der Waals surface area contributed by atoms with Crippen LogP contribution >= 0.6 is 0 Å². The van der Waals surface area contributed by atoms with Gasteiger partial charge in [0.05, 0.1) is 17.6 Å². The van der Waals surface area contributed by atoms with Gasteiger partial charge in [-0.1, -0.05) is 6.07 Å². The summed E-state index contributed by atoms with van der Waals surface area (Å²) in [6, 6.07) is 5.63. The van der Waals surface area contributed by atoms with Crippen molar-refractivity contribution in [1.82, 2.24) is 20.0 Å². The van der Waals surface area contributed by atoms with Crippen LogP contribution < -0.4 is 5.73 Å². The first kappa shape index (κ1) is 19.9. The molecule has 2 amide bonds. The molecule has 0 bridgehead atoms. The van der Waals surface area contributed by atoms with Gasteiger partial charge in [-0.15, -0.1) is 0 Å². The molecule has 1 aromatic carbocycles. The summed E-state index contributed by atoms with van der Waals surface area (Å²) in [6.45, 7) is 3.96. The van der Waals surface area contributed by atoms with Crippen molar-refractivity contribution in [3.63, 3.8) is 0 Å². The van der Waals surface area contributed by atoms with Crippen molar-refractivity contribution in [2.75, 3.05) is 33.2 Å². The fraction of sp³-hybridized carbons (Fsp3) is 0.591. The Morgan fingerprint density at radius 2 is 1.79 bits per heavy atom. The van der Waals surface area contributed by atoms with Crippen molar-refractivity contribution >= 4 is 22.7 Å². The molecule has 2 aromatic rings. The average Bonchev–Trinajstić information content (AvgIpc) is 3.20. The van der Waals surface area contributed by atoms with Gasteiger partial charge in [0.15, 0.2) is 0 Å². The first-order chi connectivity index (χ1) is 14.0. The van der Waals surface area contributed by atoms with E-state index >= 15 is 0 Å². The molecule has 2 aliphatic heterocycles. The van der Waals surface area contributed by atoms with Gasteiger partial charge >= 0.3 is 0 Å². The molecule has 2 fully saturated rings. The minimum atomic E-state index is -0.603. The molecule has 1 unspecified atom stereocenters. The zero-order chi connectivity index (χ0) is 20.4. The van der Waals surface area contributed by atoms with E-state index in [0.717, 1.165) is 54.2 Å². The third-order valence-electron chi connectivity index (χ3n) is 6.91. The molecule has 7 heteroatoms. The smallest absolute Gasteiger partial charge is 0.225 e. The van der Waals surface area contributed by atoms with E-state index in [-0.39, 0.29) is 12.3 Å². The molecular weight excluding hydrogens is 366 g/mol. The van der Waals surface area contributed by atoms with Crippen LogP contribution in [0.5, 0.6) is 0 Å². The lowest BCUT2D eigenvalue weighted by Crippen LogP contribution is -2.43. The minimum absolute atomic E-state index is 0.0305. The van der Waals surface area contributed by atoms with Gasteiger partial charge < -0.3 is 15.5 Å². The van der Waals surface area contributed by atoms with Crippen LogP contribution in [0.2, 0.25) is 0 Å². The predicted octanol–water partition coefficient (Wildman–Crippen LogP) is 2.10. The molecule has 0 aliphatic carbocycles. The number of nitrogens with one attached hydrogen (secondary N) is 1. The fourth-order valence-corrected chi connectivity index (χ4v) is 4.98. The zero-order valence-corrected chi connectivity index (χ0v) is 17.1. The summed E-state index contributed by atoms with van der Waals surface area (Å²) in [6.07, 6.45) is 6.54. The topological polar surface area (TPSA) is 95.3 Å². The number of amides is 2. The molecular formula is C22H31N5O2. The number of aromatic nitrogens is 2. The summed E-state index contributed by atoms with van der Waals surface area (Å²) in [7, 11) is 2.19. The number of rotatable bonds is 5. The molecule has 0 saturated carbocycles.